The molecule has 8 nitrogen and oxygen atoms in total. The summed E-state index contributed by atoms with van der Waals surface area (Å²) in [5, 5.41) is 8.42. The molecule has 4 amide bonds. The van der Waals surface area contributed by atoms with Crippen LogP contribution in [0.3, 0.4) is 0 Å². The van der Waals surface area contributed by atoms with Crippen molar-refractivity contribution in [2.24, 2.45) is 0 Å². The van der Waals surface area contributed by atoms with Crippen LogP contribution in [0.2, 0.25) is 0 Å². The van der Waals surface area contributed by atoms with E-state index in [1.165, 1.54) is 4.90 Å². The van der Waals surface area contributed by atoms with Crippen molar-refractivity contribution >= 4 is 23.5 Å². The quantitative estimate of drug-likeness (QED) is 0.757. The summed E-state index contributed by atoms with van der Waals surface area (Å²) in [4.78, 5) is 39.6. The maximum atomic E-state index is 13.2. The molecule has 8 heteroatoms. The zero-order chi connectivity index (χ0) is 19.8. The highest BCUT2D eigenvalue weighted by Crippen LogP contribution is 2.32. The van der Waals surface area contributed by atoms with E-state index < -0.39 is 12.1 Å². The second-order valence-electron chi connectivity index (χ2n) is 7.34. The summed E-state index contributed by atoms with van der Waals surface area (Å²) in [6.07, 6.45) is 2.09. The smallest absolute Gasteiger partial charge is 0.315 e. The Labute approximate surface area is 162 Å². The SMILES string of the molecule is CC(C)NC(=O)N[C@H]1CCN2C(=O)c3cc(-c4ccco4)ccc3NC(=O)[C@H]12. The minimum Gasteiger partial charge on any atom is -0.464 e. The van der Waals surface area contributed by atoms with Crippen LogP contribution in [0.25, 0.3) is 11.3 Å². The van der Waals surface area contributed by atoms with Crippen LogP contribution in [-0.4, -0.2) is 47.4 Å². The van der Waals surface area contributed by atoms with Crippen molar-refractivity contribution in [2.45, 2.75) is 38.4 Å². The molecule has 0 bridgehead atoms. The monoisotopic (exact) mass is 382 g/mol. The molecule has 2 aliphatic rings. The third kappa shape index (κ3) is 3.21. The van der Waals surface area contributed by atoms with Gasteiger partial charge < -0.3 is 25.3 Å². The Hall–Kier alpha value is -3.29. The number of urea groups is 1. The number of benzene rings is 1. The molecule has 2 atom stereocenters. The molecule has 3 heterocycles. The Bertz CT molecular complexity index is 922. The first kappa shape index (κ1) is 18.1. The number of hydrogen-bond donors (Lipinski definition) is 3. The van der Waals surface area contributed by atoms with E-state index in [9.17, 15) is 14.4 Å². The van der Waals surface area contributed by atoms with Crippen LogP contribution in [0, 0.1) is 0 Å². The lowest BCUT2D eigenvalue weighted by molar-refractivity contribution is -0.120. The predicted molar refractivity (Wildman–Crippen MR) is 103 cm³/mol. The molecule has 1 saturated heterocycles. The average Bonchev–Trinajstić information content (AvgIpc) is 3.28. The van der Waals surface area contributed by atoms with Crippen LogP contribution in [0.15, 0.2) is 41.0 Å². The largest absolute Gasteiger partial charge is 0.464 e. The van der Waals surface area contributed by atoms with E-state index in [1.807, 2.05) is 19.9 Å². The van der Waals surface area contributed by atoms with Gasteiger partial charge in [-0.1, -0.05) is 0 Å². The molecule has 2 aliphatic heterocycles. The lowest BCUT2D eigenvalue weighted by Gasteiger charge is -2.25. The summed E-state index contributed by atoms with van der Waals surface area (Å²) in [5.74, 6) is 0.111. The number of hydrogen-bond acceptors (Lipinski definition) is 4. The normalized spacial score (nSPS) is 21.0. The lowest BCUT2D eigenvalue weighted by Crippen LogP contribution is -2.54. The number of anilines is 1. The van der Waals surface area contributed by atoms with E-state index in [2.05, 4.69) is 16.0 Å². The van der Waals surface area contributed by atoms with Crippen molar-refractivity contribution in [2.75, 3.05) is 11.9 Å². The third-order valence-corrected chi connectivity index (χ3v) is 4.98. The van der Waals surface area contributed by atoms with E-state index in [4.69, 9.17) is 4.42 Å². The maximum Gasteiger partial charge on any atom is 0.315 e. The van der Waals surface area contributed by atoms with Gasteiger partial charge in [0.15, 0.2) is 0 Å². The van der Waals surface area contributed by atoms with Crippen LogP contribution >= 0.6 is 0 Å². The van der Waals surface area contributed by atoms with Gasteiger partial charge in [-0.15, -0.1) is 0 Å². The number of fused-ring (bicyclic) bond motifs is 2. The summed E-state index contributed by atoms with van der Waals surface area (Å²) < 4.78 is 5.41. The minimum absolute atomic E-state index is 0.0219. The van der Waals surface area contributed by atoms with Gasteiger partial charge in [-0.25, -0.2) is 4.79 Å². The average molecular weight is 382 g/mol. The molecule has 0 spiro atoms. The highest BCUT2D eigenvalue weighted by molar-refractivity contribution is 6.11. The van der Waals surface area contributed by atoms with E-state index >= 15 is 0 Å². The van der Waals surface area contributed by atoms with Crippen LogP contribution in [0.4, 0.5) is 10.5 Å². The fourth-order valence-electron chi connectivity index (χ4n) is 3.76. The van der Waals surface area contributed by atoms with Crippen LogP contribution in [0.1, 0.15) is 30.6 Å². The molecule has 0 unspecified atom stereocenters. The summed E-state index contributed by atoms with van der Waals surface area (Å²) in [5.41, 5.74) is 1.64. The van der Waals surface area contributed by atoms with E-state index in [-0.39, 0.29) is 23.9 Å². The van der Waals surface area contributed by atoms with Crippen LogP contribution < -0.4 is 16.0 Å². The number of rotatable bonds is 3. The second-order valence-corrected chi connectivity index (χ2v) is 7.34. The van der Waals surface area contributed by atoms with E-state index in [1.54, 1.807) is 30.5 Å². The molecular weight excluding hydrogens is 360 g/mol. The van der Waals surface area contributed by atoms with Gasteiger partial charge >= 0.3 is 6.03 Å². The van der Waals surface area contributed by atoms with Gasteiger partial charge in [-0.05, 0) is 50.6 Å². The van der Waals surface area contributed by atoms with Crippen molar-refractivity contribution < 1.29 is 18.8 Å². The van der Waals surface area contributed by atoms with Gasteiger partial charge in [0.05, 0.1) is 23.6 Å². The number of amides is 4. The van der Waals surface area contributed by atoms with Gasteiger partial charge in [0.1, 0.15) is 11.8 Å². The summed E-state index contributed by atoms with van der Waals surface area (Å²) >= 11 is 0. The molecule has 0 saturated carbocycles. The maximum absolute atomic E-state index is 13.2. The summed E-state index contributed by atoms with van der Waals surface area (Å²) in [6, 6.07) is 7.27. The van der Waals surface area contributed by atoms with Crippen molar-refractivity contribution in [1.29, 1.82) is 0 Å². The third-order valence-electron chi connectivity index (χ3n) is 4.98. The van der Waals surface area contributed by atoms with Gasteiger partial charge in [-0.2, -0.15) is 0 Å². The Morgan fingerprint density at radius 3 is 2.82 bits per heavy atom. The van der Waals surface area contributed by atoms with Crippen molar-refractivity contribution in [1.82, 2.24) is 15.5 Å². The first-order chi connectivity index (χ1) is 13.4. The fourth-order valence-corrected chi connectivity index (χ4v) is 3.76. The van der Waals surface area contributed by atoms with E-state index in [0.29, 0.717) is 30.0 Å². The minimum atomic E-state index is -0.745. The molecule has 3 N–H and O–H groups in total. The first-order valence-electron chi connectivity index (χ1n) is 9.31. The standard InChI is InChI=1S/C20H22N4O4/c1-11(2)21-20(27)23-15-7-8-24-17(15)18(25)22-14-6-5-12(10-13(14)19(24)26)16-4-3-9-28-16/h3-6,9-11,15,17H,7-8H2,1-2H3,(H,22,25)(H2,21,23,27)/t15-,17-/m0/s1. The zero-order valence-electron chi connectivity index (χ0n) is 15.7. The summed E-state index contributed by atoms with van der Waals surface area (Å²) in [6.45, 7) is 4.11. The number of carbonyl (C=O) groups excluding carboxylic acids is 3. The molecule has 2 aromatic rings. The first-order valence-corrected chi connectivity index (χ1v) is 9.31. The highest BCUT2D eigenvalue weighted by Gasteiger charge is 2.45. The fraction of sp³-hybridized carbons (Fsp3) is 0.350. The van der Waals surface area contributed by atoms with E-state index in [0.717, 1.165) is 5.56 Å². The molecule has 0 aliphatic carbocycles. The number of carbonyl (C=O) groups is 3. The second kappa shape index (κ2) is 7.03. The van der Waals surface area contributed by atoms with Crippen molar-refractivity contribution in [3.63, 3.8) is 0 Å². The summed E-state index contributed by atoms with van der Waals surface area (Å²) in [7, 11) is 0. The van der Waals surface area contributed by atoms with Gasteiger partial charge in [-0.3, -0.25) is 9.59 Å². The Balaban J connectivity index is 1.61. The topological polar surface area (TPSA) is 104 Å². The van der Waals surface area contributed by atoms with Gasteiger partial charge in [0.25, 0.3) is 5.91 Å². The molecule has 146 valence electrons. The Morgan fingerprint density at radius 1 is 1.29 bits per heavy atom. The zero-order valence-corrected chi connectivity index (χ0v) is 15.7. The van der Waals surface area contributed by atoms with Gasteiger partial charge in [0, 0.05) is 18.2 Å². The van der Waals surface area contributed by atoms with Gasteiger partial charge in [0.2, 0.25) is 5.91 Å². The van der Waals surface area contributed by atoms with Crippen LogP contribution in [-0.2, 0) is 4.79 Å². The molecule has 4 rings (SSSR count). The number of nitrogens with one attached hydrogen (secondary N) is 3. The van der Waals surface area contributed by atoms with Crippen LogP contribution in [0.5, 0.6) is 0 Å². The molecule has 1 fully saturated rings. The predicted octanol–water partition coefficient (Wildman–Crippen LogP) is 2.19. The molecule has 28 heavy (non-hydrogen) atoms. The Kier molecular flexibility index (Phi) is 4.54. The molecular formula is C20H22N4O4. The van der Waals surface area contributed by atoms with Crippen molar-refractivity contribution in [3.05, 3.63) is 42.2 Å². The number of nitrogens with zero attached hydrogens (tertiary/aromatic N) is 1. The number of furan rings is 1. The molecule has 1 aromatic carbocycles. The molecule has 1 aromatic heterocycles. The molecule has 0 radical (unpaired) electrons. The Morgan fingerprint density at radius 2 is 2.11 bits per heavy atom. The van der Waals surface area contributed by atoms with Crippen molar-refractivity contribution in [3.8, 4) is 11.3 Å². The lowest BCUT2D eigenvalue weighted by atomic mass is 10.1. The highest BCUT2D eigenvalue weighted by atomic mass is 16.3.